The van der Waals surface area contributed by atoms with Crippen LogP contribution < -0.4 is 10.2 Å². The first kappa shape index (κ1) is 19.0. The predicted molar refractivity (Wildman–Crippen MR) is 112 cm³/mol. The molecule has 2 aromatic carbocycles. The van der Waals surface area contributed by atoms with E-state index in [0.717, 1.165) is 37.6 Å². The average molecular weight is 391 g/mol. The number of halogens is 1. The number of nitrogens with zero attached hydrogens (tertiary/aromatic N) is 4. The number of rotatable bonds is 4. The first-order chi connectivity index (χ1) is 14.1. The molecular weight excluding hydrogens is 369 g/mol. The molecule has 148 valence electrons. The van der Waals surface area contributed by atoms with Crippen molar-refractivity contribution in [2.45, 2.75) is 0 Å². The van der Waals surface area contributed by atoms with Gasteiger partial charge >= 0.3 is 0 Å². The number of amides is 1. The number of carbonyl (C=O) groups excluding carboxylic acids is 1. The third kappa shape index (κ3) is 4.57. The van der Waals surface area contributed by atoms with Gasteiger partial charge in [0.15, 0.2) is 5.82 Å². The van der Waals surface area contributed by atoms with Crippen LogP contribution in [0, 0.1) is 5.82 Å². The summed E-state index contributed by atoms with van der Waals surface area (Å²) in [6.07, 6.45) is 0. The summed E-state index contributed by atoms with van der Waals surface area (Å²) in [5.74, 6) is 0.405. The van der Waals surface area contributed by atoms with Crippen molar-refractivity contribution in [2.75, 3.05) is 43.4 Å². The van der Waals surface area contributed by atoms with Crippen LogP contribution in [0.25, 0.3) is 11.4 Å². The Balaban J connectivity index is 1.68. The van der Waals surface area contributed by atoms with Crippen molar-refractivity contribution in [2.24, 2.45) is 0 Å². The second kappa shape index (κ2) is 8.36. The zero-order valence-electron chi connectivity index (χ0n) is 16.2. The molecule has 1 fully saturated rings. The lowest BCUT2D eigenvalue weighted by molar-refractivity contribution is 0.102. The van der Waals surface area contributed by atoms with Crippen LogP contribution in [-0.4, -0.2) is 54.0 Å². The van der Waals surface area contributed by atoms with Gasteiger partial charge in [-0.15, -0.1) is 0 Å². The van der Waals surface area contributed by atoms with E-state index in [2.05, 4.69) is 27.1 Å². The normalized spacial score (nSPS) is 14.6. The van der Waals surface area contributed by atoms with Crippen LogP contribution in [0.5, 0.6) is 0 Å². The van der Waals surface area contributed by atoms with Gasteiger partial charge in [0.2, 0.25) is 0 Å². The van der Waals surface area contributed by atoms with Crippen molar-refractivity contribution in [3.63, 3.8) is 0 Å². The summed E-state index contributed by atoms with van der Waals surface area (Å²) in [4.78, 5) is 26.5. The highest BCUT2D eigenvalue weighted by Crippen LogP contribution is 2.22. The Hall–Kier alpha value is -3.32. The maximum atomic E-state index is 13.5. The van der Waals surface area contributed by atoms with Crippen LogP contribution in [0.1, 0.15) is 10.5 Å². The molecule has 4 rings (SSSR count). The van der Waals surface area contributed by atoms with Crippen LogP contribution in [0.2, 0.25) is 0 Å². The molecular formula is C22H22FN5O. The maximum Gasteiger partial charge on any atom is 0.274 e. The number of nitrogens with one attached hydrogen (secondary N) is 1. The number of anilines is 2. The highest BCUT2D eigenvalue weighted by atomic mass is 19.1. The van der Waals surface area contributed by atoms with Gasteiger partial charge in [-0.1, -0.05) is 36.4 Å². The van der Waals surface area contributed by atoms with Gasteiger partial charge in [0, 0.05) is 43.5 Å². The lowest BCUT2D eigenvalue weighted by Crippen LogP contribution is -2.45. The molecule has 6 nitrogen and oxygen atoms in total. The van der Waals surface area contributed by atoms with E-state index in [1.807, 2.05) is 30.3 Å². The number of piperazine rings is 1. The van der Waals surface area contributed by atoms with E-state index in [9.17, 15) is 9.18 Å². The first-order valence-corrected chi connectivity index (χ1v) is 9.53. The van der Waals surface area contributed by atoms with Crippen LogP contribution >= 0.6 is 0 Å². The van der Waals surface area contributed by atoms with Crippen molar-refractivity contribution in [1.82, 2.24) is 14.9 Å². The summed E-state index contributed by atoms with van der Waals surface area (Å²) in [5, 5.41) is 2.72. The molecule has 0 unspecified atom stereocenters. The molecule has 0 atom stereocenters. The number of hydrogen-bond donors (Lipinski definition) is 1. The number of hydrogen-bond acceptors (Lipinski definition) is 5. The van der Waals surface area contributed by atoms with E-state index in [1.165, 1.54) is 12.1 Å². The van der Waals surface area contributed by atoms with Crippen molar-refractivity contribution < 1.29 is 9.18 Å². The minimum atomic E-state index is -0.409. The van der Waals surface area contributed by atoms with Gasteiger partial charge in [-0.3, -0.25) is 4.79 Å². The highest BCUT2D eigenvalue weighted by Gasteiger charge is 2.20. The molecule has 0 spiro atoms. The summed E-state index contributed by atoms with van der Waals surface area (Å²) in [6, 6.07) is 17.1. The average Bonchev–Trinajstić information content (AvgIpc) is 2.74. The van der Waals surface area contributed by atoms with Gasteiger partial charge in [-0.2, -0.15) is 0 Å². The largest absolute Gasteiger partial charge is 0.354 e. The van der Waals surface area contributed by atoms with Crippen LogP contribution in [0.15, 0.2) is 60.7 Å². The topological polar surface area (TPSA) is 61.4 Å². The minimum absolute atomic E-state index is 0.247. The third-order valence-electron chi connectivity index (χ3n) is 4.89. The molecule has 1 aromatic heterocycles. The molecule has 1 saturated heterocycles. The molecule has 0 aliphatic carbocycles. The fraction of sp³-hybridized carbons (Fsp3) is 0.227. The van der Waals surface area contributed by atoms with Gasteiger partial charge in [0.25, 0.3) is 5.91 Å². The van der Waals surface area contributed by atoms with Gasteiger partial charge < -0.3 is 15.1 Å². The van der Waals surface area contributed by atoms with E-state index in [-0.39, 0.29) is 5.69 Å². The molecule has 1 N–H and O–H groups in total. The maximum absolute atomic E-state index is 13.5. The summed E-state index contributed by atoms with van der Waals surface area (Å²) in [5.41, 5.74) is 1.47. The zero-order chi connectivity index (χ0) is 20.2. The second-order valence-electron chi connectivity index (χ2n) is 7.06. The highest BCUT2D eigenvalue weighted by molar-refractivity contribution is 6.03. The molecule has 0 bridgehead atoms. The van der Waals surface area contributed by atoms with Crippen LogP contribution in [-0.2, 0) is 0 Å². The lowest BCUT2D eigenvalue weighted by atomic mass is 10.2. The standard InChI is InChI=1S/C22H22FN5O/c1-27-10-12-28(13-11-27)20-15-19(22(29)24-18-9-5-8-17(23)14-18)25-21(26-20)16-6-3-2-4-7-16/h2-9,14-15H,10-13H2,1H3,(H,24,29). The van der Waals surface area contributed by atoms with Crippen LogP contribution in [0.3, 0.4) is 0 Å². The Labute approximate surface area is 169 Å². The Bertz CT molecular complexity index is 1000. The van der Waals surface area contributed by atoms with E-state index < -0.39 is 11.7 Å². The Morgan fingerprint density at radius 3 is 2.45 bits per heavy atom. The quantitative estimate of drug-likeness (QED) is 0.740. The van der Waals surface area contributed by atoms with Crippen molar-refractivity contribution >= 4 is 17.4 Å². The number of likely N-dealkylation sites (N-methyl/N-ethyl adjacent to an activating group) is 1. The van der Waals surface area contributed by atoms with Crippen molar-refractivity contribution in [1.29, 1.82) is 0 Å². The van der Waals surface area contributed by atoms with Crippen molar-refractivity contribution in [3.8, 4) is 11.4 Å². The smallest absolute Gasteiger partial charge is 0.274 e. The SMILES string of the molecule is CN1CCN(c2cc(C(=O)Nc3cccc(F)c3)nc(-c3ccccc3)n2)CC1. The minimum Gasteiger partial charge on any atom is -0.354 e. The Kier molecular flexibility index (Phi) is 5.48. The summed E-state index contributed by atoms with van der Waals surface area (Å²) in [6.45, 7) is 3.50. The van der Waals surface area contributed by atoms with E-state index in [1.54, 1.807) is 18.2 Å². The summed E-state index contributed by atoms with van der Waals surface area (Å²) in [7, 11) is 2.09. The van der Waals surface area contributed by atoms with Gasteiger partial charge in [-0.05, 0) is 25.2 Å². The summed E-state index contributed by atoms with van der Waals surface area (Å²) >= 11 is 0. The molecule has 1 amide bonds. The molecule has 0 radical (unpaired) electrons. The molecule has 1 aliphatic heterocycles. The molecule has 1 aliphatic rings. The Morgan fingerprint density at radius 2 is 1.72 bits per heavy atom. The second-order valence-corrected chi connectivity index (χ2v) is 7.06. The van der Waals surface area contributed by atoms with Gasteiger partial charge in [0.05, 0.1) is 0 Å². The first-order valence-electron chi connectivity index (χ1n) is 9.53. The molecule has 3 aromatic rings. The number of carbonyl (C=O) groups is 1. The summed E-state index contributed by atoms with van der Waals surface area (Å²) < 4.78 is 13.5. The zero-order valence-corrected chi connectivity index (χ0v) is 16.2. The van der Waals surface area contributed by atoms with Crippen LogP contribution in [0.4, 0.5) is 15.9 Å². The molecule has 0 saturated carbocycles. The number of aromatic nitrogens is 2. The lowest BCUT2D eigenvalue weighted by Gasteiger charge is -2.33. The molecule has 2 heterocycles. The molecule has 7 heteroatoms. The third-order valence-corrected chi connectivity index (χ3v) is 4.89. The van der Waals surface area contributed by atoms with E-state index in [0.29, 0.717) is 11.5 Å². The van der Waals surface area contributed by atoms with E-state index in [4.69, 9.17) is 4.98 Å². The van der Waals surface area contributed by atoms with E-state index >= 15 is 0 Å². The Morgan fingerprint density at radius 1 is 0.966 bits per heavy atom. The number of benzene rings is 2. The van der Waals surface area contributed by atoms with Gasteiger partial charge in [-0.25, -0.2) is 14.4 Å². The fourth-order valence-electron chi connectivity index (χ4n) is 3.23. The predicted octanol–water partition coefficient (Wildman–Crippen LogP) is 3.29. The molecule has 29 heavy (non-hydrogen) atoms. The van der Waals surface area contributed by atoms with Crippen molar-refractivity contribution in [3.05, 3.63) is 72.2 Å². The van der Waals surface area contributed by atoms with Gasteiger partial charge in [0.1, 0.15) is 17.3 Å². The monoisotopic (exact) mass is 391 g/mol. The fourth-order valence-corrected chi connectivity index (χ4v) is 3.23.